The van der Waals surface area contributed by atoms with Crippen molar-refractivity contribution in [3.8, 4) is 0 Å². The van der Waals surface area contributed by atoms with Crippen LogP contribution in [0.25, 0.3) is 0 Å². The van der Waals surface area contributed by atoms with Gasteiger partial charge in [-0.3, -0.25) is 4.98 Å². The molecular weight excluding hydrogens is 240 g/mol. The van der Waals surface area contributed by atoms with E-state index in [2.05, 4.69) is 4.98 Å². The Hall–Kier alpha value is -2.36. The van der Waals surface area contributed by atoms with Crippen LogP contribution in [0.3, 0.4) is 0 Å². The minimum Gasteiger partial charge on any atom is -0.478 e. The summed E-state index contributed by atoms with van der Waals surface area (Å²) in [5.41, 5.74) is 2.44. The van der Waals surface area contributed by atoms with Crippen LogP contribution in [-0.4, -0.2) is 29.7 Å². The van der Waals surface area contributed by atoms with Crippen molar-refractivity contribution in [2.24, 2.45) is 0 Å². The minimum absolute atomic E-state index is 0.313. The summed E-state index contributed by atoms with van der Waals surface area (Å²) < 4.78 is 0. The van der Waals surface area contributed by atoms with Crippen LogP contribution in [0.5, 0.6) is 0 Å². The van der Waals surface area contributed by atoms with Crippen LogP contribution in [-0.2, 0) is 6.42 Å². The lowest BCUT2D eigenvalue weighted by Gasteiger charge is -2.19. The van der Waals surface area contributed by atoms with Gasteiger partial charge >= 0.3 is 5.97 Å². The SMILES string of the molecule is CN(CCc1ccncc1)c1cccc(C(=O)O)c1. The predicted molar refractivity (Wildman–Crippen MR) is 74.6 cm³/mol. The maximum Gasteiger partial charge on any atom is 0.335 e. The molecule has 0 saturated carbocycles. The molecule has 0 aliphatic carbocycles. The molecule has 0 saturated heterocycles. The number of hydrogen-bond acceptors (Lipinski definition) is 3. The van der Waals surface area contributed by atoms with Gasteiger partial charge in [-0.2, -0.15) is 0 Å². The monoisotopic (exact) mass is 256 g/mol. The predicted octanol–water partition coefficient (Wildman–Crippen LogP) is 2.46. The van der Waals surface area contributed by atoms with Gasteiger partial charge in [0.25, 0.3) is 0 Å². The Morgan fingerprint density at radius 2 is 2.00 bits per heavy atom. The van der Waals surface area contributed by atoms with Crippen LogP contribution in [0.1, 0.15) is 15.9 Å². The molecule has 0 unspecified atom stereocenters. The zero-order valence-corrected chi connectivity index (χ0v) is 10.8. The molecule has 1 aromatic carbocycles. The molecule has 2 aromatic rings. The quantitative estimate of drug-likeness (QED) is 0.892. The van der Waals surface area contributed by atoms with Crippen LogP contribution < -0.4 is 4.90 Å². The average molecular weight is 256 g/mol. The standard InChI is InChI=1S/C15H16N2O2/c1-17(10-7-12-5-8-16-9-6-12)14-4-2-3-13(11-14)15(18)19/h2-6,8-9,11H,7,10H2,1H3,(H,18,19). The molecule has 0 aliphatic heterocycles. The number of nitrogens with zero attached hydrogens (tertiary/aromatic N) is 2. The maximum absolute atomic E-state index is 10.9. The smallest absolute Gasteiger partial charge is 0.335 e. The van der Waals surface area contributed by atoms with Crippen LogP contribution in [0.15, 0.2) is 48.8 Å². The van der Waals surface area contributed by atoms with Crippen molar-refractivity contribution in [2.75, 3.05) is 18.5 Å². The first-order chi connectivity index (χ1) is 9.16. The summed E-state index contributed by atoms with van der Waals surface area (Å²) in [4.78, 5) is 17.0. The molecule has 4 heteroatoms. The van der Waals surface area contributed by atoms with E-state index in [1.807, 2.05) is 30.1 Å². The zero-order chi connectivity index (χ0) is 13.7. The summed E-state index contributed by atoms with van der Waals surface area (Å²) in [5, 5.41) is 8.97. The molecule has 1 aromatic heterocycles. The fourth-order valence-electron chi connectivity index (χ4n) is 1.85. The van der Waals surface area contributed by atoms with Gasteiger partial charge in [0.15, 0.2) is 0 Å². The topological polar surface area (TPSA) is 53.4 Å². The Morgan fingerprint density at radius 1 is 1.26 bits per heavy atom. The Balaban J connectivity index is 2.02. The van der Waals surface area contributed by atoms with E-state index in [1.54, 1.807) is 30.6 Å². The molecule has 0 amide bonds. The molecule has 0 aliphatic rings. The molecule has 19 heavy (non-hydrogen) atoms. The number of benzene rings is 1. The molecule has 98 valence electrons. The highest BCUT2D eigenvalue weighted by molar-refractivity contribution is 5.88. The van der Waals surface area contributed by atoms with E-state index < -0.39 is 5.97 Å². The number of carboxylic acids is 1. The third-order valence-corrected chi connectivity index (χ3v) is 3.02. The lowest BCUT2D eigenvalue weighted by atomic mass is 10.1. The Kier molecular flexibility index (Phi) is 4.13. The Labute approximate surface area is 112 Å². The number of aromatic nitrogens is 1. The van der Waals surface area contributed by atoms with Crippen LogP contribution in [0, 0.1) is 0 Å². The third-order valence-electron chi connectivity index (χ3n) is 3.02. The first-order valence-corrected chi connectivity index (χ1v) is 6.10. The zero-order valence-electron chi connectivity index (χ0n) is 10.8. The second kappa shape index (κ2) is 6.00. The second-order valence-corrected chi connectivity index (χ2v) is 4.38. The van der Waals surface area contributed by atoms with Gasteiger partial charge in [-0.25, -0.2) is 4.79 Å². The fourth-order valence-corrected chi connectivity index (χ4v) is 1.85. The van der Waals surface area contributed by atoms with Crippen molar-refractivity contribution in [3.05, 3.63) is 59.9 Å². The van der Waals surface area contributed by atoms with Gasteiger partial charge in [0.05, 0.1) is 5.56 Å². The van der Waals surface area contributed by atoms with E-state index in [4.69, 9.17) is 5.11 Å². The maximum atomic E-state index is 10.9. The molecule has 0 radical (unpaired) electrons. The molecule has 0 atom stereocenters. The van der Waals surface area contributed by atoms with Gasteiger partial charge in [0.1, 0.15) is 0 Å². The van der Waals surface area contributed by atoms with Gasteiger partial charge in [-0.05, 0) is 42.3 Å². The molecule has 0 spiro atoms. The summed E-state index contributed by atoms with van der Waals surface area (Å²) in [6.07, 6.45) is 4.46. The highest BCUT2D eigenvalue weighted by atomic mass is 16.4. The molecule has 2 rings (SSSR count). The van der Waals surface area contributed by atoms with Crippen LogP contribution in [0.2, 0.25) is 0 Å². The van der Waals surface area contributed by atoms with E-state index in [9.17, 15) is 4.79 Å². The number of likely N-dealkylation sites (N-methyl/N-ethyl adjacent to an activating group) is 1. The Morgan fingerprint density at radius 3 is 2.68 bits per heavy atom. The number of anilines is 1. The minimum atomic E-state index is -0.899. The van der Waals surface area contributed by atoms with E-state index in [1.165, 1.54) is 5.56 Å². The number of rotatable bonds is 5. The number of aromatic carboxylic acids is 1. The van der Waals surface area contributed by atoms with E-state index in [0.29, 0.717) is 5.56 Å². The van der Waals surface area contributed by atoms with E-state index in [-0.39, 0.29) is 0 Å². The van der Waals surface area contributed by atoms with E-state index >= 15 is 0 Å². The number of pyridine rings is 1. The number of carboxylic acid groups (broad SMARTS) is 1. The second-order valence-electron chi connectivity index (χ2n) is 4.38. The first-order valence-electron chi connectivity index (χ1n) is 6.10. The number of hydrogen-bond donors (Lipinski definition) is 1. The lowest BCUT2D eigenvalue weighted by Crippen LogP contribution is -2.20. The average Bonchev–Trinajstić information content (AvgIpc) is 2.46. The highest BCUT2D eigenvalue weighted by Gasteiger charge is 2.06. The summed E-state index contributed by atoms with van der Waals surface area (Å²) in [7, 11) is 1.96. The largest absolute Gasteiger partial charge is 0.478 e. The first kappa shape index (κ1) is 13.1. The van der Waals surface area contributed by atoms with Crippen molar-refractivity contribution in [2.45, 2.75) is 6.42 Å². The van der Waals surface area contributed by atoms with Gasteiger partial charge in [-0.15, -0.1) is 0 Å². The summed E-state index contributed by atoms with van der Waals surface area (Å²) in [6, 6.07) is 10.9. The van der Waals surface area contributed by atoms with Gasteiger partial charge < -0.3 is 10.0 Å². The molecule has 1 N–H and O–H groups in total. The summed E-state index contributed by atoms with van der Waals surface area (Å²) >= 11 is 0. The summed E-state index contributed by atoms with van der Waals surface area (Å²) in [6.45, 7) is 0.826. The normalized spacial score (nSPS) is 10.2. The van der Waals surface area contributed by atoms with Crippen molar-refractivity contribution < 1.29 is 9.90 Å². The molecule has 4 nitrogen and oxygen atoms in total. The van der Waals surface area contributed by atoms with Gasteiger partial charge in [0.2, 0.25) is 0 Å². The number of carbonyl (C=O) groups is 1. The third kappa shape index (κ3) is 3.55. The van der Waals surface area contributed by atoms with Gasteiger partial charge in [0, 0.05) is 31.7 Å². The lowest BCUT2D eigenvalue weighted by molar-refractivity contribution is 0.0697. The highest BCUT2D eigenvalue weighted by Crippen LogP contribution is 2.15. The van der Waals surface area contributed by atoms with Crippen LogP contribution in [0.4, 0.5) is 5.69 Å². The van der Waals surface area contributed by atoms with Crippen molar-refractivity contribution >= 4 is 11.7 Å². The van der Waals surface area contributed by atoms with Crippen molar-refractivity contribution in [1.82, 2.24) is 4.98 Å². The van der Waals surface area contributed by atoms with Crippen LogP contribution >= 0.6 is 0 Å². The van der Waals surface area contributed by atoms with Gasteiger partial charge in [-0.1, -0.05) is 6.07 Å². The van der Waals surface area contributed by atoms with Crippen molar-refractivity contribution in [1.29, 1.82) is 0 Å². The Bertz CT molecular complexity index is 555. The molecule has 0 fully saturated rings. The molecule has 0 bridgehead atoms. The van der Waals surface area contributed by atoms with E-state index in [0.717, 1.165) is 18.7 Å². The summed E-state index contributed by atoms with van der Waals surface area (Å²) in [5.74, 6) is -0.899. The molecular formula is C15H16N2O2. The fraction of sp³-hybridized carbons (Fsp3) is 0.200. The van der Waals surface area contributed by atoms with Crippen molar-refractivity contribution in [3.63, 3.8) is 0 Å². The molecule has 1 heterocycles.